The molecule has 1 heterocycles. The summed E-state index contributed by atoms with van der Waals surface area (Å²) in [6, 6.07) is 9.18. The van der Waals surface area contributed by atoms with Crippen LogP contribution in [0.4, 0.5) is 10.1 Å². The lowest BCUT2D eigenvalue weighted by molar-refractivity contribution is 0.0281. The molecule has 0 aromatic heterocycles. The lowest BCUT2D eigenvalue weighted by Gasteiger charge is -2.30. The van der Waals surface area contributed by atoms with Crippen molar-refractivity contribution in [1.29, 1.82) is 0 Å². The first kappa shape index (κ1) is 24.9. The number of halogens is 1. The molecule has 0 saturated carbocycles. The van der Waals surface area contributed by atoms with Crippen molar-refractivity contribution >= 4 is 21.6 Å². The normalized spacial score (nSPS) is 22.5. The molecule has 180 valence electrons. The number of methoxy groups -OCH3 is 1. The smallest absolute Gasteiger partial charge is 0.261 e. The molecular weight excluding hydrogens is 449 g/mol. The molecule has 0 unspecified atom stereocenters. The summed E-state index contributed by atoms with van der Waals surface area (Å²) in [6.45, 7) is 5.37. The van der Waals surface area contributed by atoms with Crippen molar-refractivity contribution in [2.45, 2.75) is 30.9 Å². The fourth-order valence-electron chi connectivity index (χ4n) is 3.57. The van der Waals surface area contributed by atoms with Crippen LogP contribution in [0.5, 0.6) is 5.75 Å². The van der Waals surface area contributed by atoms with Crippen LogP contribution in [0.15, 0.2) is 47.4 Å². The Bertz CT molecular complexity index is 1100. The van der Waals surface area contributed by atoms with Gasteiger partial charge in [0.2, 0.25) is 0 Å². The maximum Gasteiger partial charge on any atom is 0.261 e. The Balaban J connectivity index is 1.92. The number of benzene rings is 2. The van der Waals surface area contributed by atoms with Gasteiger partial charge in [0.15, 0.2) is 0 Å². The minimum Gasteiger partial charge on any atom is -0.491 e. The number of amides is 1. The Hall–Kier alpha value is -2.69. The molecule has 0 aliphatic carbocycles. The highest BCUT2D eigenvalue weighted by molar-refractivity contribution is 7.92. The topological polar surface area (TPSA) is 97.0 Å². The zero-order valence-corrected chi connectivity index (χ0v) is 20.0. The van der Waals surface area contributed by atoms with Crippen molar-refractivity contribution < 1.29 is 27.1 Å². The van der Waals surface area contributed by atoms with Gasteiger partial charge < -0.3 is 19.7 Å². The fourth-order valence-corrected chi connectivity index (χ4v) is 4.65. The van der Waals surface area contributed by atoms with Gasteiger partial charge in [0.1, 0.15) is 18.2 Å². The van der Waals surface area contributed by atoms with E-state index in [2.05, 4.69) is 17.0 Å². The van der Waals surface area contributed by atoms with Crippen LogP contribution in [0.3, 0.4) is 0 Å². The molecule has 0 bridgehead atoms. The van der Waals surface area contributed by atoms with Gasteiger partial charge in [0.05, 0.1) is 22.3 Å². The van der Waals surface area contributed by atoms with Gasteiger partial charge in [-0.2, -0.15) is 0 Å². The first-order valence-electron chi connectivity index (χ1n) is 10.7. The summed E-state index contributed by atoms with van der Waals surface area (Å²) in [5.41, 5.74) is 0.506. The Morgan fingerprint density at radius 3 is 2.67 bits per heavy atom. The van der Waals surface area contributed by atoms with E-state index in [1.807, 2.05) is 6.92 Å². The number of likely N-dealkylation sites (N-methyl/N-ethyl adjacent to an activating group) is 1. The molecule has 1 amide bonds. The molecule has 2 aromatic rings. The van der Waals surface area contributed by atoms with Crippen molar-refractivity contribution in [3.63, 3.8) is 0 Å². The third-order valence-electron chi connectivity index (χ3n) is 5.59. The van der Waals surface area contributed by atoms with E-state index in [0.717, 1.165) is 6.07 Å². The van der Waals surface area contributed by atoms with E-state index in [-0.39, 0.29) is 46.9 Å². The number of carbonyl (C=O) groups is 1. The number of nitrogens with one attached hydrogen (secondary N) is 2. The predicted molar refractivity (Wildman–Crippen MR) is 124 cm³/mol. The number of sulfonamides is 1. The van der Waals surface area contributed by atoms with Crippen LogP contribution in [0.1, 0.15) is 24.2 Å². The predicted octanol–water partition coefficient (Wildman–Crippen LogP) is 2.72. The fraction of sp³-hybridized carbons (Fsp3) is 0.435. The number of hydrogen-bond donors (Lipinski definition) is 2. The summed E-state index contributed by atoms with van der Waals surface area (Å²) in [4.78, 5) is 14.5. The maximum absolute atomic E-state index is 13.5. The van der Waals surface area contributed by atoms with Crippen LogP contribution >= 0.6 is 0 Å². The summed E-state index contributed by atoms with van der Waals surface area (Å²) in [5.74, 6) is -0.494. The van der Waals surface area contributed by atoms with Crippen molar-refractivity contribution in [3.8, 4) is 5.75 Å². The molecule has 0 fully saturated rings. The summed E-state index contributed by atoms with van der Waals surface area (Å²) in [7, 11) is -0.708. The van der Waals surface area contributed by atoms with Crippen molar-refractivity contribution in [1.82, 2.24) is 10.2 Å². The highest BCUT2D eigenvalue weighted by atomic mass is 32.2. The summed E-state index contributed by atoms with van der Waals surface area (Å²) in [5, 5.41) is 3.40. The van der Waals surface area contributed by atoms with Gasteiger partial charge in [-0.3, -0.25) is 9.52 Å². The molecule has 0 radical (unpaired) electrons. The van der Waals surface area contributed by atoms with Gasteiger partial charge in [-0.1, -0.05) is 13.0 Å². The zero-order valence-electron chi connectivity index (χ0n) is 19.2. The molecule has 1 aliphatic heterocycles. The number of carbonyl (C=O) groups excluding carboxylic acids is 1. The van der Waals surface area contributed by atoms with E-state index >= 15 is 0 Å². The number of hydrogen-bond acceptors (Lipinski definition) is 6. The van der Waals surface area contributed by atoms with E-state index in [4.69, 9.17) is 9.47 Å². The lowest BCUT2D eigenvalue weighted by Crippen LogP contribution is -2.44. The molecule has 0 saturated heterocycles. The Labute approximate surface area is 194 Å². The van der Waals surface area contributed by atoms with Crippen LogP contribution in [0.25, 0.3) is 0 Å². The second-order valence-electron chi connectivity index (χ2n) is 8.33. The second-order valence-corrected chi connectivity index (χ2v) is 10.0. The number of rotatable bonds is 4. The van der Waals surface area contributed by atoms with Gasteiger partial charge >= 0.3 is 0 Å². The number of anilines is 1. The van der Waals surface area contributed by atoms with Crippen LogP contribution in [0.2, 0.25) is 0 Å². The SMILES string of the molecule is CO[C@@H]1CN(C)C(=O)c2ccc(NS(=O)(=O)c3cccc(F)c3)cc2OC[C@@H](C)NC[C@H]1C. The summed E-state index contributed by atoms with van der Waals surface area (Å²) in [6.07, 6.45) is -0.153. The quantitative estimate of drug-likeness (QED) is 0.700. The van der Waals surface area contributed by atoms with E-state index in [0.29, 0.717) is 18.7 Å². The monoisotopic (exact) mass is 479 g/mol. The molecule has 2 N–H and O–H groups in total. The molecule has 10 heteroatoms. The summed E-state index contributed by atoms with van der Waals surface area (Å²) < 4.78 is 52.8. The van der Waals surface area contributed by atoms with Gasteiger partial charge in [0.25, 0.3) is 15.9 Å². The molecule has 2 aromatic carbocycles. The van der Waals surface area contributed by atoms with Crippen LogP contribution < -0.4 is 14.8 Å². The zero-order chi connectivity index (χ0) is 24.2. The maximum atomic E-state index is 13.5. The third-order valence-corrected chi connectivity index (χ3v) is 6.96. The van der Waals surface area contributed by atoms with Crippen molar-refractivity contribution in [2.24, 2.45) is 5.92 Å². The van der Waals surface area contributed by atoms with E-state index in [9.17, 15) is 17.6 Å². The van der Waals surface area contributed by atoms with Crippen LogP contribution in [-0.2, 0) is 14.8 Å². The van der Waals surface area contributed by atoms with E-state index < -0.39 is 15.8 Å². The molecular formula is C23H30FN3O5S. The van der Waals surface area contributed by atoms with Crippen molar-refractivity contribution in [3.05, 3.63) is 53.8 Å². The molecule has 8 nitrogen and oxygen atoms in total. The molecule has 3 rings (SSSR count). The second kappa shape index (κ2) is 10.5. The highest BCUT2D eigenvalue weighted by Crippen LogP contribution is 2.27. The Morgan fingerprint density at radius 2 is 1.97 bits per heavy atom. The molecule has 0 spiro atoms. The number of nitrogens with zero attached hydrogens (tertiary/aromatic N) is 1. The average Bonchev–Trinajstić information content (AvgIpc) is 2.78. The Morgan fingerprint density at radius 1 is 1.21 bits per heavy atom. The first-order valence-corrected chi connectivity index (χ1v) is 12.2. The average molecular weight is 480 g/mol. The molecule has 33 heavy (non-hydrogen) atoms. The van der Waals surface area contributed by atoms with Crippen LogP contribution in [0, 0.1) is 11.7 Å². The van der Waals surface area contributed by atoms with Crippen molar-refractivity contribution in [2.75, 3.05) is 38.6 Å². The highest BCUT2D eigenvalue weighted by Gasteiger charge is 2.26. The lowest BCUT2D eigenvalue weighted by atomic mass is 10.0. The van der Waals surface area contributed by atoms with Gasteiger partial charge in [-0.05, 0) is 43.2 Å². The van der Waals surface area contributed by atoms with Gasteiger partial charge in [-0.15, -0.1) is 0 Å². The number of ether oxygens (including phenoxy) is 2. The first-order chi connectivity index (χ1) is 15.6. The van der Waals surface area contributed by atoms with Crippen LogP contribution in [-0.4, -0.2) is 65.2 Å². The largest absolute Gasteiger partial charge is 0.491 e. The Kier molecular flexibility index (Phi) is 7.93. The number of fused-ring (bicyclic) bond motifs is 1. The van der Waals surface area contributed by atoms with E-state index in [1.165, 1.54) is 36.4 Å². The minimum atomic E-state index is -4.02. The third kappa shape index (κ3) is 6.21. The van der Waals surface area contributed by atoms with E-state index in [1.54, 1.807) is 19.1 Å². The van der Waals surface area contributed by atoms with Gasteiger partial charge in [-0.25, -0.2) is 12.8 Å². The van der Waals surface area contributed by atoms with Gasteiger partial charge in [0, 0.05) is 39.4 Å². The summed E-state index contributed by atoms with van der Waals surface area (Å²) >= 11 is 0. The standard InChI is InChI=1S/C23H30FN3O5S/c1-15-12-25-16(2)14-32-21-11-18(26-33(29,30)19-7-5-6-17(24)10-19)8-9-20(21)23(28)27(3)13-22(15)31-4/h5-11,15-16,22,25-26H,12-14H2,1-4H3/t15-,16-,22-/m1/s1. The molecule has 1 aliphatic rings. The molecule has 3 atom stereocenters. The minimum absolute atomic E-state index is 0.0160.